The van der Waals surface area contributed by atoms with Gasteiger partial charge in [0, 0.05) is 24.4 Å². The van der Waals surface area contributed by atoms with Crippen molar-refractivity contribution in [1.82, 2.24) is 5.32 Å². The minimum absolute atomic E-state index is 0.0825. The average molecular weight is 537 g/mol. The molecule has 0 bridgehead atoms. The first-order valence-electron chi connectivity index (χ1n) is 5.70. The Bertz CT molecular complexity index is 560. The van der Waals surface area contributed by atoms with E-state index in [4.69, 9.17) is 0 Å². The molecule has 0 spiro atoms. The van der Waals surface area contributed by atoms with Crippen LogP contribution in [0.2, 0.25) is 0 Å². The average Bonchev–Trinajstić information content (AvgIpc) is 2.39. The molecule has 1 aromatic carbocycles. The van der Waals surface area contributed by atoms with E-state index in [2.05, 4.69) is 69.0 Å². The van der Waals surface area contributed by atoms with Gasteiger partial charge in [-0.2, -0.15) is 0 Å². The van der Waals surface area contributed by atoms with E-state index in [-0.39, 0.29) is 11.1 Å². The second-order valence-corrected chi connectivity index (χ2v) is 7.09. The van der Waals surface area contributed by atoms with E-state index in [1.165, 1.54) is 0 Å². The van der Waals surface area contributed by atoms with Crippen molar-refractivity contribution >= 4 is 75.6 Å². The summed E-state index contributed by atoms with van der Waals surface area (Å²) < 4.78 is 1.83. The highest BCUT2D eigenvalue weighted by molar-refractivity contribution is 9.15. The molecular weight excluding hydrogens is 526 g/mol. The van der Waals surface area contributed by atoms with E-state index < -0.39 is 11.9 Å². The second-order valence-electron chi connectivity index (χ2n) is 3.92. The number of amides is 1. The van der Waals surface area contributed by atoms with Crippen LogP contribution in [-0.2, 0) is 0 Å². The first kappa shape index (κ1) is 18.1. The van der Waals surface area contributed by atoms with Gasteiger partial charge in [-0.15, -0.1) is 0 Å². The normalized spacial score (nSPS) is 10.4. The Kier molecular flexibility index (Phi) is 7.17. The van der Waals surface area contributed by atoms with Gasteiger partial charge in [0.25, 0.3) is 5.91 Å². The van der Waals surface area contributed by atoms with Crippen molar-refractivity contribution < 1.29 is 14.7 Å². The summed E-state index contributed by atoms with van der Waals surface area (Å²) in [7, 11) is 0. The zero-order chi connectivity index (χ0) is 15.4. The molecule has 2 N–H and O–H groups in total. The molecule has 110 valence electrons. The topological polar surface area (TPSA) is 66.4 Å². The third kappa shape index (κ3) is 3.84. The maximum Gasteiger partial charge on any atom is 0.337 e. The Morgan fingerprint density at radius 1 is 1.00 bits per heavy atom. The van der Waals surface area contributed by atoms with E-state index in [1.54, 1.807) is 0 Å². The van der Waals surface area contributed by atoms with Crippen molar-refractivity contribution in [3.05, 3.63) is 29.0 Å². The van der Waals surface area contributed by atoms with Crippen LogP contribution in [0.5, 0.6) is 0 Å². The lowest BCUT2D eigenvalue weighted by Gasteiger charge is -2.14. The highest BCUT2D eigenvalue weighted by Gasteiger charge is 2.27. The summed E-state index contributed by atoms with van der Waals surface area (Å²) in [6.45, 7) is 2.52. The molecule has 0 atom stereocenters. The summed E-state index contributed by atoms with van der Waals surface area (Å²) in [6.07, 6.45) is 1.78. The molecule has 8 heteroatoms. The predicted octanol–water partition coefficient (Wildman–Crippen LogP) is 4.96. The zero-order valence-electron chi connectivity index (χ0n) is 10.4. The third-order valence-corrected chi connectivity index (χ3v) is 7.29. The molecule has 0 fully saturated rings. The van der Waals surface area contributed by atoms with E-state index in [9.17, 15) is 14.7 Å². The Labute approximate surface area is 150 Å². The molecule has 1 aromatic rings. The molecule has 0 aliphatic heterocycles. The van der Waals surface area contributed by atoms with E-state index in [1.807, 2.05) is 6.92 Å². The molecule has 0 heterocycles. The van der Waals surface area contributed by atoms with Crippen molar-refractivity contribution in [1.29, 1.82) is 0 Å². The number of nitrogens with one attached hydrogen (secondary N) is 1. The number of carboxylic acid groups (broad SMARTS) is 1. The van der Waals surface area contributed by atoms with Crippen molar-refractivity contribution in [3.8, 4) is 0 Å². The first-order chi connectivity index (χ1) is 9.32. The van der Waals surface area contributed by atoms with Gasteiger partial charge >= 0.3 is 5.97 Å². The number of benzene rings is 1. The zero-order valence-corrected chi connectivity index (χ0v) is 16.7. The Morgan fingerprint density at radius 3 is 1.95 bits per heavy atom. The Morgan fingerprint density at radius 2 is 1.50 bits per heavy atom. The largest absolute Gasteiger partial charge is 0.478 e. The van der Waals surface area contributed by atoms with Crippen LogP contribution in [0.1, 0.15) is 40.5 Å². The fourth-order valence-corrected chi connectivity index (χ4v) is 3.98. The van der Waals surface area contributed by atoms with Crippen LogP contribution in [0.3, 0.4) is 0 Å². The molecule has 0 aliphatic rings. The standard InChI is InChI=1S/C12H11Br4NO3/c1-2-3-4-17-11(18)5-6(12(19)20)8(14)10(16)9(15)7(5)13/h2-4H2,1H3,(H,17,18)(H,19,20). The number of halogens is 4. The summed E-state index contributed by atoms with van der Waals surface area (Å²) in [5.41, 5.74) is 0.0106. The minimum Gasteiger partial charge on any atom is -0.478 e. The van der Waals surface area contributed by atoms with Gasteiger partial charge in [0.2, 0.25) is 0 Å². The Hall–Kier alpha value is 0.0800. The SMILES string of the molecule is CCCCNC(=O)c1c(Br)c(Br)c(Br)c(Br)c1C(=O)O. The maximum absolute atomic E-state index is 12.2. The van der Waals surface area contributed by atoms with Gasteiger partial charge in [-0.25, -0.2) is 4.79 Å². The van der Waals surface area contributed by atoms with Gasteiger partial charge in [-0.3, -0.25) is 4.79 Å². The smallest absolute Gasteiger partial charge is 0.337 e. The van der Waals surface area contributed by atoms with Crippen LogP contribution in [0.15, 0.2) is 17.9 Å². The fraction of sp³-hybridized carbons (Fsp3) is 0.333. The van der Waals surface area contributed by atoms with Gasteiger partial charge in [0.05, 0.1) is 11.1 Å². The highest BCUT2D eigenvalue weighted by atomic mass is 79.9. The third-order valence-electron chi connectivity index (χ3n) is 2.52. The molecular formula is C12H11Br4NO3. The van der Waals surface area contributed by atoms with Crippen molar-refractivity contribution in [2.45, 2.75) is 19.8 Å². The lowest BCUT2D eigenvalue weighted by atomic mass is 10.1. The van der Waals surface area contributed by atoms with Crippen LogP contribution in [0.4, 0.5) is 0 Å². The van der Waals surface area contributed by atoms with Crippen molar-refractivity contribution in [3.63, 3.8) is 0 Å². The summed E-state index contributed by atoms with van der Waals surface area (Å²) in [6, 6.07) is 0. The van der Waals surface area contributed by atoms with E-state index in [0.29, 0.717) is 24.4 Å². The molecule has 0 aromatic heterocycles. The summed E-state index contributed by atoms with van der Waals surface area (Å²) in [4.78, 5) is 23.6. The second kappa shape index (κ2) is 7.91. The summed E-state index contributed by atoms with van der Waals surface area (Å²) in [5, 5.41) is 12.1. The van der Waals surface area contributed by atoms with Crippen LogP contribution >= 0.6 is 63.7 Å². The molecule has 1 amide bonds. The van der Waals surface area contributed by atoms with Gasteiger partial charge in [-0.1, -0.05) is 13.3 Å². The van der Waals surface area contributed by atoms with Crippen LogP contribution in [0.25, 0.3) is 0 Å². The number of hydrogen-bond donors (Lipinski definition) is 2. The number of carbonyl (C=O) groups excluding carboxylic acids is 1. The van der Waals surface area contributed by atoms with Gasteiger partial charge in [0.15, 0.2) is 0 Å². The molecule has 1 rings (SSSR count). The molecule has 20 heavy (non-hydrogen) atoms. The fourth-order valence-electron chi connectivity index (χ4n) is 1.51. The van der Waals surface area contributed by atoms with Crippen LogP contribution in [0, 0.1) is 0 Å². The van der Waals surface area contributed by atoms with Gasteiger partial charge in [0.1, 0.15) is 0 Å². The van der Waals surface area contributed by atoms with Gasteiger partial charge < -0.3 is 10.4 Å². The number of aromatic carboxylic acids is 1. The van der Waals surface area contributed by atoms with Gasteiger partial charge in [-0.05, 0) is 70.1 Å². The molecule has 0 unspecified atom stereocenters. The highest BCUT2D eigenvalue weighted by Crippen LogP contribution is 2.42. The molecule has 0 saturated heterocycles. The predicted molar refractivity (Wildman–Crippen MR) is 91.4 cm³/mol. The summed E-state index contributed by atoms with van der Waals surface area (Å²) >= 11 is 13.1. The quantitative estimate of drug-likeness (QED) is 0.317. The number of rotatable bonds is 5. The minimum atomic E-state index is -1.17. The monoisotopic (exact) mass is 533 g/mol. The molecule has 0 aliphatic carbocycles. The molecule has 0 radical (unpaired) electrons. The number of hydrogen-bond acceptors (Lipinski definition) is 2. The lowest BCUT2D eigenvalue weighted by Crippen LogP contribution is -2.27. The first-order valence-corrected chi connectivity index (χ1v) is 8.87. The van der Waals surface area contributed by atoms with E-state index in [0.717, 1.165) is 12.8 Å². The summed E-state index contributed by atoms with van der Waals surface area (Å²) in [5.74, 6) is -1.59. The van der Waals surface area contributed by atoms with Crippen LogP contribution < -0.4 is 5.32 Å². The maximum atomic E-state index is 12.2. The number of unbranched alkanes of at least 4 members (excludes halogenated alkanes) is 1. The lowest BCUT2D eigenvalue weighted by molar-refractivity contribution is 0.0689. The Balaban J connectivity index is 3.37. The van der Waals surface area contributed by atoms with E-state index >= 15 is 0 Å². The molecule has 4 nitrogen and oxygen atoms in total. The van der Waals surface area contributed by atoms with Crippen LogP contribution in [-0.4, -0.2) is 23.5 Å². The number of carboxylic acids is 1. The molecule has 0 saturated carbocycles. The number of carbonyl (C=O) groups is 2. The van der Waals surface area contributed by atoms with Crippen molar-refractivity contribution in [2.75, 3.05) is 6.54 Å². The van der Waals surface area contributed by atoms with Crippen molar-refractivity contribution in [2.24, 2.45) is 0 Å².